The van der Waals surface area contributed by atoms with Gasteiger partial charge in [0.25, 0.3) is 10.0 Å². The van der Waals surface area contributed by atoms with Crippen molar-refractivity contribution in [3.63, 3.8) is 0 Å². The zero-order valence-electron chi connectivity index (χ0n) is 18.1. The number of hydrogen-bond acceptors (Lipinski definition) is 5. The van der Waals surface area contributed by atoms with Gasteiger partial charge in [-0.05, 0) is 55.2 Å². The lowest BCUT2D eigenvalue weighted by molar-refractivity contribution is -0.137. The van der Waals surface area contributed by atoms with Crippen molar-refractivity contribution in [1.29, 1.82) is 0 Å². The first-order valence-corrected chi connectivity index (χ1v) is 11.8. The molecule has 1 fully saturated rings. The third-order valence-electron chi connectivity index (χ3n) is 5.43. The fourth-order valence-corrected chi connectivity index (χ4v) is 5.16. The average molecular weight is 489 g/mol. The minimum Gasteiger partial charge on any atom is -0.465 e. The highest BCUT2D eigenvalue weighted by atomic mass is 32.2. The number of nitrogens with one attached hydrogen (secondary N) is 1. The SMILES string of the molecule is CCc1ccc(C(=O)OC)cc1S(=O)(=O)Nc1cc(C(F)(F)F)ccc1N1CCC[C@@H](F)C1. The Morgan fingerprint density at radius 3 is 2.55 bits per heavy atom. The fraction of sp³-hybridized carbons (Fsp3) is 0.409. The third-order valence-corrected chi connectivity index (χ3v) is 6.88. The number of ether oxygens (including phenoxy) is 1. The van der Waals surface area contributed by atoms with Gasteiger partial charge in [-0.25, -0.2) is 17.6 Å². The minimum absolute atomic E-state index is 0.0179. The van der Waals surface area contributed by atoms with Gasteiger partial charge in [-0.1, -0.05) is 13.0 Å². The van der Waals surface area contributed by atoms with Gasteiger partial charge >= 0.3 is 12.1 Å². The number of anilines is 2. The second kappa shape index (κ2) is 9.58. The lowest BCUT2D eigenvalue weighted by atomic mass is 10.1. The lowest BCUT2D eigenvalue weighted by Crippen LogP contribution is -2.37. The molecule has 1 N–H and O–H groups in total. The predicted molar refractivity (Wildman–Crippen MR) is 116 cm³/mol. The van der Waals surface area contributed by atoms with Crippen LogP contribution in [0.1, 0.15) is 41.3 Å². The maximum Gasteiger partial charge on any atom is 0.416 e. The molecule has 3 rings (SSSR count). The normalized spacial score (nSPS) is 17.0. The number of carbonyl (C=O) groups excluding carboxylic acids is 1. The summed E-state index contributed by atoms with van der Waals surface area (Å²) < 4.78 is 87.5. The number of carbonyl (C=O) groups is 1. The van der Waals surface area contributed by atoms with Gasteiger partial charge in [0, 0.05) is 13.1 Å². The van der Waals surface area contributed by atoms with Gasteiger partial charge in [0.15, 0.2) is 0 Å². The van der Waals surface area contributed by atoms with Crippen molar-refractivity contribution < 1.29 is 35.5 Å². The van der Waals surface area contributed by atoms with Crippen LogP contribution in [0.4, 0.5) is 28.9 Å². The fourth-order valence-electron chi connectivity index (χ4n) is 3.76. The highest BCUT2D eigenvalue weighted by Gasteiger charge is 2.33. The molecule has 0 spiro atoms. The topological polar surface area (TPSA) is 75.7 Å². The number of methoxy groups -OCH3 is 1. The molecular weight excluding hydrogens is 464 g/mol. The molecule has 1 aliphatic heterocycles. The van der Waals surface area contributed by atoms with E-state index >= 15 is 0 Å². The van der Waals surface area contributed by atoms with Crippen LogP contribution in [-0.2, 0) is 27.4 Å². The molecule has 11 heteroatoms. The minimum atomic E-state index is -4.71. The summed E-state index contributed by atoms with van der Waals surface area (Å²) in [5, 5.41) is 0. The number of halogens is 4. The molecule has 0 saturated carbocycles. The van der Waals surface area contributed by atoms with Gasteiger partial charge in [-0.3, -0.25) is 4.72 Å². The Kier molecular flexibility index (Phi) is 7.20. The molecule has 0 amide bonds. The van der Waals surface area contributed by atoms with E-state index in [0.29, 0.717) is 37.4 Å². The molecule has 1 atom stereocenters. The summed E-state index contributed by atoms with van der Waals surface area (Å²) in [5.41, 5.74) is -0.863. The quantitative estimate of drug-likeness (QED) is 0.467. The van der Waals surface area contributed by atoms with Crippen LogP contribution in [0.15, 0.2) is 41.3 Å². The van der Waals surface area contributed by atoms with Gasteiger partial charge < -0.3 is 9.64 Å². The van der Waals surface area contributed by atoms with Gasteiger partial charge in [0.1, 0.15) is 6.17 Å². The Hall–Kier alpha value is -2.82. The van der Waals surface area contributed by atoms with Gasteiger partial charge in [-0.15, -0.1) is 0 Å². The number of hydrogen-bond donors (Lipinski definition) is 1. The molecule has 0 unspecified atom stereocenters. The van der Waals surface area contributed by atoms with Crippen molar-refractivity contribution in [1.82, 2.24) is 0 Å². The monoisotopic (exact) mass is 488 g/mol. The maximum absolute atomic E-state index is 14.0. The van der Waals surface area contributed by atoms with Crippen LogP contribution >= 0.6 is 0 Å². The molecule has 0 radical (unpaired) electrons. The van der Waals surface area contributed by atoms with E-state index in [9.17, 15) is 30.8 Å². The van der Waals surface area contributed by atoms with E-state index in [-0.39, 0.29) is 28.4 Å². The van der Waals surface area contributed by atoms with E-state index in [1.165, 1.54) is 17.0 Å². The van der Waals surface area contributed by atoms with Crippen molar-refractivity contribution in [2.75, 3.05) is 29.8 Å². The summed E-state index contributed by atoms with van der Waals surface area (Å²) in [6, 6.07) is 6.67. The van der Waals surface area contributed by atoms with E-state index in [1.54, 1.807) is 6.92 Å². The molecule has 1 aliphatic rings. The molecule has 0 aliphatic carbocycles. The van der Waals surface area contributed by atoms with Crippen molar-refractivity contribution in [3.8, 4) is 0 Å². The van der Waals surface area contributed by atoms with Crippen LogP contribution in [0, 0.1) is 0 Å². The number of aryl methyl sites for hydroxylation is 1. The predicted octanol–water partition coefficient (Wildman–Crippen LogP) is 4.79. The first kappa shape index (κ1) is 24.8. The average Bonchev–Trinajstić information content (AvgIpc) is 2.77. The molecule has 2 aromatic rings. The summed E-state index contributed by atoms with van der Waals surface area (Å²) >= 11 is 0. The summed E-state index contributed by atoms with van der Waals surface area (Å²) in [7, 11) is -3.26. The summed E-state index contributed by atoms with van der Waals surface area (Å²) in [5.74, 6) is -0.754. The first-order valence-electron chi connectivity index (χ1n) is 10.3. The Balaban J connectivity index is 2.09. The summed E-state index contributed by atoms with van der Waals surface area (Å²) in [6.45, 7) is 2.02. The van der Waals surface area contributed by atoms with E-state index in [2.05, 4.69) is 9.46 Å². The van der Waals surface area contributed by atoms with Gasteiger partial charge in [0.05, 0.1) is 34.5 Å². The number of esters is 1. The highest BCUT2D eigenvalue weighted by Crippen LogP contribution is 2.37. The number of sulfonamides is 1. The zero-order chi connectivity index (χ0) is 24.4. The summed E-state index contributed by atoms with van der Waals surface area (Å²) in [4.78, 5) is 13.2. The van der Waals surface area contributed by atoms with E-state index in [1.807, 2.05) is 0 Å². The van der Waals surface area contributed by atoms with Gasteiger partial charge in [-0.2, -0.15) is 13.2 Å². The molecule has 180 valence electrons. The molecule has 1 heterocycles. The smallest absolute Gasteiger partial charge is 0.416 e. The number of piperidine rings is 1. The number of nitrogens with zero attached hydrogens (tertiary/aromatic N) is 1. The van der Waals surface area contributed by atoms with Crippen LogP contribution in [0.25, 0.3) is 0 Å². The van der Waals surface area contributed by atoms with E-state index in [0.717, 1.165) is 25.3 Å². The van der Waals surface area contributed by atoms with Crippen molar-refractivity contribution in [2.45, 2.75) is 43.4 Å². The number of rotatable bonds is 6. The van der Waals surface area contributed by atoms with Crippen LogP contribution in [0.3, 0.4) is 0 Å². The second-order valence-corrected chi connectivity index (χ2v) is 9.34. The van der Waals surface area contributed by atoms with Crippen LogP contribution < -0.4 is 9.62 Å². The van der Waals surface area contributed by atoms with Crippen LogP contribution in [-0.4, -0.2) is 40.8 Å². The number of alkyl halides is 4. The maximum atomic E-state index is 14.0. The molecule has 0 bridgehead atoms. The Morgan fingerprint density at radius 1 is 1.21 bits per heavy atom. The molecule has 1 saturated heterocycles. The van der Waals surface area contributed by atoms with Gasteiger partial charge in [0.2, 0.25) is 0 Å². The zero-order valence-corrected chi connectivity index (χ0v) is 18.9. The number of benzene rings is 2. The Labute approximate surface area is 189 Å². The van der Waals surface area contributed by atoms with E-state index in [4.69, 9.17) is 0 Å². The summed E-state index contributed by atoms with van der Waals surface area (Å²) in [6.07, 6.45) is -4.77. The third kappa shape index (κ3) is 5.58. The van der Waals surface area contributed by atoms with E-state index < -0.39 is 33.9 Å². The van der Waals surface area contributed by atoms with Crippen molar-refractivity contribution >= 4 is 27.4 Å². The van der Waals surface area contributed by atoms with Crippen LogP contribution in [0.2, 0.25) is 0 Å². The molecule has 6 nitrogen and oxygen atoms in total. The van der Waals surface area contributed by atoms with Crippen LogP contribution in [0.5, 0.6) is 0 Å². The molecule has 33 heavy (non-hydrogen) atoms. The second-order valence-electron chi connectivity index (χ2n) is 7.69. The Bertz CT molecular complexity index is 1140. The molecule has 2 aromatic carbocycles. The highest BCUT2D eigenvalue weighted by molar-refractivity contribution is 7.92. The largest absolute Gasteiger partial charge is 0.465 e. The Morgan fingerprint density at radius 2 is 1.94 bits per heavy atom. The molecule has 0 aromatic heterocycles. The molecular formula is C22H24F4N2O4S. The van der Waals surface area contributed by atoms with Crippen molar-refractivity contribution in [2.24, 2.45) is 0 Å². The lowest BCUT2D eigenvalue weighted by Gasteiger charge is -2.32. The first-order chi connectivity index (χ1) is 15.5. The standard InChI is InChI=1S/C22H24F4N2O4S/c1-3-14-6-7-15(21(29)32-2)11-20(14)33(30,31)27-18-12-16(22(24,25)26)8-9-19(18)28-10-4-5-17(23)13-28/h6-9,11-12,17,27H,3-5,10,13H2,1-2H3/t17-/m1/s1. The van der Waals surface area contributed by atoms with Crippen molar-refractivity contribution in [3.05, 3.63) is 53.1 Å².